The predicted octanol–water partition coefficient (Wildman–Crippen LogP) is 2.08. The van der Waals surface area contributed by atoms with Gasteiger partial charge in [0.15, 0.2) is 0 Å². The molecule has 0 nitrogen and oxygen atoms in total. The van der Waals surface area contributed by atoms with Crippen LogP contribution in [0.15, 0.2) is 0 Å². The molecule has 0 fully saturated rings. The summed E-state index contributed by atoms with van der Waals surface area (Å²) in [6, 6.07) is 0. The first-order valence-electron chi connectivity index (χ1n) is 2.31. The van der Waals surface area contributed by atoms with Gasteiger partial charge in [0.1, 0.15) is 0 Å². The Bertz CT molecular complexity index is 10.5. The average Bonchev–Trinajstić information content (AvgIpc) is 1.39. The molecule has 8 heavy (non-hydrogen) atoms. The van der Waals surface area contributed by atoms with Crippen LogP contribution in [0.2, 0.25) is 0 Å². The van der Waals surface area contributed by atoms with Gasteiger partial charge in [-0.2, -0.15) is 27.7 Å². The Kier molecular flexibility index (Phi) is 121. The second kappa shape index (κ2) is 42.3. The summed E-state index contributed by atoms with van der Waals surface area (Å²) in [5, 5.41) is 0. The smallest absolute Gasteiger partial charge is 0.335 e. The maximum absolute atomic E-state index is 2.00. The molecule has 0 aromatic heterocycles. The van der Waals surface area contributed by atoms with E-state index in [1.54, 1.807) is 0 Å². The topological polar surface area (TPSA) is 0 Å². The van der Waals surface area contributed by atoms with Crippen LogP contribution in [-0.2, 0) is 17.1 Å². The van der Waals surface area contributed by atoms with E-state index in [1.165, 1.54) is 0 Å². The summed E-state index contributed by atoms with van der Waals surface area (Å²) < 4.78 is 0. The Labute approximate surface area is 76.5 Å². The van der Waals surface area contributed by atoms with Crippen LogP contribution in [-0.4, -0.2) is 18.9 Å². The van der Waals surface area contributed by atoms with Gasteiger partial charge in [0.25, 0.3) is 0 Å². The molecule has 2 radical (unpaired) electrons. The van der Waals surface area contributed by atoms with Crippen molar-refractivity contribution < 1.29 is 17.1 Å². The van der Waals surface area contributed by atoms with Crippen molar-refractivity contribution in [3.63, 3.8) is 0 Å². The number of hydrogen-bond acceptors (Lipinski definition) is 0. The zero-order valence-electron chi connectivity index (χ0n) is 6.46. The SMILES string of the molecule is C[CH-]C.C[CH-]C.[Cu+2].[Li]. The maximum atomic E-state index is 2.00. The fourth-order valence-corrected chi connectivity index (χ4v) is 0. The molecular weight excluding hydrogens is 143 g/mol. The third-order valence-electron chi connectivity index (χ3n) is 0. The van der Waals surface area contributed by atoms with E-state index in [-0.39, 0.29) is 35.9 Å². The molecule has 0 saturated heterocycles. The zero-order chi connectivity index (χ0) is 5.41. The summed E-state index contributed by atoms with van der Waals surface area (Å²) in [5.41, 5.74) is 0. The van der Waals surface area contributed by atoms with Gasteiger partial charge in [-0.25, -0.2) is 0 Å². The second-order valence-electron chi connectivity index (χ2n) is 1.15. The normalized spacial score (nSPS) is 4.50. The third kappa shape index (κ3) is 213. The standard InChI is InChI=1S/2C3H7.Cu.Li/c2*1-3-2;;/h2*3H,1-2H3;;/q2*-1;+2;. The molecule has 0 unspecified atom stereocenters. The van der Waals surface area contributed by atoms with Gasteiger partial charge in [0, 0.05) is 18.9 Å². The van der Waals surface area contributed by atoms with E-state index in [1.807, 2.05) is 40.5 Å². The van der Waals surface area contributed by atoms with Crippen molar-refractivity contribution in [2.75, 3.05) is 0 Å². The van der Waals surface area contributed by atoms with E-state index >= 15 is 0 Å². The van der Waals surface area contributed by atoms with E-state index in [4.69, 9.17) is 0 Å². The van der Waals surface area contributed by atoms with Crippen LogP contribution in [0.5, 0.6) is 0 Å². The second-order valence-corrected chi connectivity index (χ2v) is 1.15. The van der Waals surface area contributed by atoms with Crippen LogP contribution in [0.3, 0.4) is 0 Å². The van der Waals surface area contributed by atoms with Crippen LogP contribution in [0.1, 0.15) is 27.7 Å². The van der Waals surface area contributed by atoms with Crippen molar-refractivity contribution in [1.29, 1.82) is 0 Å². The largest absolute Gasteiger partial charge is 2.00 e. The van der Waals surface area contributed by atoms with Crippen LogP contribution >= 0.6 is 0 Å². The van der Waals surface area contributed by atoms with Crippen LogP contribution in [0, 0.1) is 12.8 Å². The van der Waals surface area contributed by atoms with Gasteiger partial charge in [0.05, 0.1) is 0 Å². The first-order chi connectivity index (χ1) is 2.83. The van der Waals surface area contributed by atoms with Gasteiger partial charge in [0.2, 0.25) is 0 Å². The summed E-state index contributed by atoms with van der Waals surface area (Å²) >= 11 is 0. The van der Waals surface area contributed by atoms with Gasteiger partial charge in [-0.3, -0.25) is 0 Å². The summed E-state index contributed by atoms with van der Waals surface area (Å²) in [6.45, 7) is 8.00. The molecule has 0 bridgehead atoms. The minimum atomic E-state index is 0. The minimum Gasteiger partial charge on any atom is -0.335 e. The van der Waals surface area contributed by atoms with Crippen molar-refractivity contribution in [3.05, 3.63) is 12.8 Å². The molecule has 0 saturated carbocycles. The molecule has 0 aliphatic rings. The molecule has 50 valence electrons. The fourth-order valence-electron chi connectivity index (χ4n) is 0. The molecule has 0 N–H and O–H groups in total. The maximum Gasteiger partial charge on any atom is 2.00 e. The zero-order valence-corrected chi connectivity index (χ0v) is 7.40. The Morgan fingerprint density at radius 1 is 0.750 bits per heavy atom. The molecule has 0 heterocycles. The van der Waals surface area contributed by atoms with E-state index in [9.17, 15) is 0 Å². The molecule has 0 spiro atoms. The first kappa shape index (κ1) is 22.9. The Balaban J connectivity index is -0.0000000160. The summed E-state index contributed by atoms with van der Waals surface area (Å²) in [6.07, 6.45) is 4.00. The molecule has 0 rings (SSSR count). The number of rotatable bonds is 0. The fraction of sp³-hybridized carbons (Fsp3) is 0.667. The van der Waals surface area contributed by atoms with Gasteiger partial charge >= 0.3 is 17.1 Å². The summed E-state index contributed by atoms with van der Waals surface area (Å²) in [7, 11) is 0. The molecule has 0 amide bonds. The van der Waals surface area contributed by atoms with Gasteiger partial charge in [-0.05, 0) is 0 Å². The van der Waals surface area contributed by atoms with Crippen molar-refractivity contribution in [2.24, 2.45) is 0 Å². The van der Waals surface area contributed by atoms with Crippen molar-refractivity contribution in [3.8, 4) is 0 Å². The monoisotopic (exact) mass is 156 g/mol. The van der Waals surface area contributed by atoms with Crippen LogP contribution < -0.4 is 0 Å². The molecule has 0 aliphatic carbocycles. The molecule has 0 atom stereocenters. The molecule has 0 aliphatic heterocycles. The Hall–Kier alpha value is 1.12. The van der Waals surface area contributed by atoms with Gasteiger partial charge < -0.3 is 12.8 Å². The Morgan fingerprint density at radius 2 is 0.750 bits per heavy atom. The first-order valence-corrected chi connectivity index (χ1v) is 2.31. The molecule has 0 aromatic carbocycles. The summed E-state index contributed by atoms with van der Waals surface area (Å²) in [5.74, 6) is 0. The van der Waals surface area contributed by atoms with Crippen LogP contribution in [0.4, 0.5) is 0 Å². The molecular formula is C6H14CuLi. The minimum absolute atomic E-state index is 0. The van der Waals surface area contributed by atoms with E-state index in [2.05, 4.69) is 0 Å². The van der Waals surface area contributed by atoms with Crippen molar-refractivity contribution in [2.45, 2.75) is 27.7 Å². The molecule has 0 aromatic rings. The van der Waals surface area contributed by atoms with Crippen molar-refractivity contribution in [1.82, 2.24) is 0 Å². The van der Waals surface area contributed by atoms with Gasteiger partial charge in [-0.1, -0.05) is 0 Å². The van der Waals surface area contributed by atoms with E-state index in [0.717, 1.165) is 0 Å². The molecule has 2 heteroatoms. The Morgan fingerprint density at radius 3 is 0.750 bits per heavy atom. The number of hydrogen-bond donors (Lipinski definition) is 0. The van der Waals surface area contributed by atoms with E-state index in [0.29, 0.717) is 0 Å². The van der Waals surface area contributed by atoms with E-state index < -0.39 is 0 Å². The predicted molar refractivity (Wildman–Crippen MR) is 37.0 cm³/mol. The quantitative estimate of drug-likeness (QED) is 0.372. The van der Waals surface area contributed by atoms with Crippen molar-refractivity contribution >= 4 is 18.9 Å². The average molecular weight is 157 g/mol. The third-order valence-corrected chi connectivity index (χ3v) is 0. The van der Waals surface area contributed by atoms with Crippen LogP contribution in [0.25, 0.3) is 0 Å². The van der Waals surface area contributed by atoms with Gasteiger partial charge in [-0.15, -0.1) is 0 Å². The summed E-state index contributed by atoms with van der Waals surface area (Å²) in [4.78, 5) is 0.